The molecule has 1 saturated heterocycles. The van der Waals surface area contributed by atoms with Crippen molar-refractivity contribution in [3.63, 3.8) is 0 Å². The predicted octanol–water partition coefficient (Wildman–Crippen LogP) is 2.76. The smallest absolute Gasteiger partial charge is 0.247 e. The Morgan fingerprint density at radius 2 is 1.93 bits per heavy atom. The highest BCUT2D eigenvalue weighted by atomic mass is 19.1. The number of piperidine rings is 1. The molecule has 0 radical (unpaired) electrons. The Hall–Kier alpha value is -1.99. The molecule has 1 aromatic carbocycles. The monoisotopic (exact) mass is 408 g/mol. The molecule has 0 aliphatic carbocycles. The van der Waals surface area contributed by atoms with Crippen LogP contribution in [-0.4, -0.2) is 55.7 Å². The van der Waals surface area contributed by atoms with E-state index in [1.165, 1.54) is 12.1 Å². The highest BCUT2D eigenvalue weighted by Crippen LogP contribution is 2.19. The lowest BCUT2D eigenvalue weighted by atomic mass is 9.97. The molecule has 0 bridgehead atoms. The van der Waals surface area contributed by atoms with Crippen LogP contribution in [-0.2, 0) is 25.7 Å². The molecular weight excluding hydrogens is 375 g/mol. The second-order valence-electron chi connectivity index (χ2n) is 8.03. The Kier molecular flexibility index (Phi) is 9.04. The normalized spacial score (nSPS) is 19.1. The van der Waals surface area contributed by atoms with Crippen LogP contribution in [0.3, 0.4) is 0 Å². The van der Waals surface area contributed by atoms with Crippen LogP contribution in [0.2, 0.25) is 0 Å². The van der Waals surface area contributed by atoms with Crippen molar-refractivity contribution in [1.29, 1.82) is 0 Å². The van der Waals surface area contributed by atoms with E-state index in [0.717, 1.165) is 18.4 Å². The van der Waals surface area contributed by atoms with E-state index in [4.69, 9.17) is 9.47 Å². The zero-order chi connectivity index (χ0) is 21.4. The number of benzene rings is 1. The Labute approximate surface area is 172 Å². The van der Waals surface area contributed by atoms with Gasteiger partial charge in [0.2, 0.25) is 11.8 Å². The Morgan fingerprint density at radius 1 is 1.24 bits per heavy atom. The Morgan fingerprint density at radius 3 is 2.55 bits per heavy atom. The van der Waals surface area contributed by atoms with Crippen molar-refractivity contribution in [3.8, 4) is 0 Å². The molecule has 2 amide bonds. The Bertz CT molecular complexity index is 663. The quantitative estimate of drug-likeness (QED) is 0.682. The van der Waals surface area contributed by atoms with Crippen LogP contribution in [0.15, 0.2) is 24.3 Å². The van der Waals surface area contributed by atoms with Gasteiger partial charge in [-0.3, -0.25) is 9.59 Å². The topological polar surface area (TPSA) is 67.9 Å². The van der Waals surface area contributed by atoms with Crippen molar-refractivity contribution in [1.82, 2.24) is 10.2 Å². The average molecular weight is 409 g/mol. The van der Waals surface area contributed by atoms with Crippen LogP contribution in [0.5, 0.6) is 0 Å². The number of nitrogens with one attached hydrogen (secondary N) is 1. The fourth-order valence-electron chi connectivity index (χ4n) is 3.44. The van der Waals surface area contributed by atoms with Crippen molar-refractivity contribution in [2.75, 3.05) is 26.8 Å². The molecule has 1 heterocycles. The maximum absolute atomic E-state index is 13.2. The first-order valence-electron chi connectivity index (χ1n) is 10.3. The standard InChI is InChI=1S/C22H33FN2O4/c1-15(2)21(26)24-20(16(3)29-14-17-7-9-19(23)10-8-17)22(27)25-11-5-6-18(12-25)13-28-4/h7-10,15-16,18,20H,5-6,11-14H2,1-4H3,(H,24,26). The van der Waals surface area contributed by atoms with Crippen molar-refractivity contribution in [2.24, 2.45) is 11.8 Å². The number of amides is 2. The van der Waals surface area contributed by atoms with Crippen LogP contribution < -0.4 is 5.32 Å². The minimum atomic E-state index is -0.772. The summed E-state index contributed by atoms with van der Waals surface area (Å²) in [4.78, 5) is 27.4. The maximum Gasteiger partial charge on any atom is 0.247 e. The fourth-order valence-corrected chi connectivity index (χ4v) is 3.44. The molecule has 162 valence electrons. The van der Waals surface area contributed by atoms with Gasteiger partial charge in [-0.05, 0) is 43.4 Å². The van der Waals surface area contributed by atoms with E-state index in [-0.39, 0.29) is 30.2 Å². The van der Waals surface area contributed by atoms with E-state index in [9.17, 15) is 14.0 Å². The van der Waals surface area contributed by atoms with Gasteiger partial charge < -0.3 is 19.7 Å². The van der Waals surface area contributed by atoms with Crippen LogP contribution in [0.25, 0.3) is 0 Å². The van der Waals surface area contributed by atoms with E-state index in [1.807, 2.05) is 0 Å². The number of ether oxygens (including phenoxy) is 2. The van der Waals surface area contributed by atoms with Crippen LogP contribution in [0.4, 0.5) is 4.39 Å². The van der Waals surface area contributed by atoms with Crippen molar-refractivity contribution in [3.05, 3.63) is 35.6 Å². The lowest BCUT2D eigenvalue weighted by Crippen LogP contribution is -2.56. The van der Waals surface area contributed by atoms with Gasteiger partial charge in [0.05, 0.1) is 19.3 Å². The Balaban J connectivity index is 2.06. The number of carbonyl (C=O) groups excluding carboxylic acids is 2. The largest absolute Gasteiger partial charge is 0.384 e. The summed E-state index contributed by atoms with van der Waals surface area (Å²) in [6.45, 7) is 7.48. The first kappa shape index (κ1) is 23.3. The van der Waals surface area contributed by atoms with Gasteiger partial charge in [-0.25, -0.2) is 4.39 Å². The molecule has 6 nitrogen and oxygen atoms in total. The molecule has 7 heteroatoms. The van der Waals surface area contributed by atoms with Gasteiger partial charge in [0.1, 0.15) is 11.9 Å². The third-order valence-electron chi connectivity index (χ3n) is 5.22. The van der Waals surface area contributed by atoms with Gasteiger partial charge in [-0.2, -0.15) is 0 Å². The third kappa shape index (κ3) is 7.08. The van der Waals surface area contributed by atoms with Crippen LogP contribution in [0, 0.1) is 17.7 Å². The molecule has 0 saturated carbocycles. The lowest BCUT2D eigenvalue weighted by molar-refractivity contribution is -0.143. The molecule has 3 unspecified atom stereocenters. The molecule has 0 aromatic heterocycles. The third-order valence-corrected chi connectivity index (χ3v) is 5.22. The SMILES string of the molecule is COCC1CCCN(C(=O)C(NC(=O)C(C)C)C(C)OCc2ccc(F)cc2)C1. The second-order valence-corrected chi connectivity index (χ2v) is 8.03. The minimum Gasteiger partial charge on any atom is -0.384 e. The maximum atomic E-state index is 13.2. The average Bonchev–Trinajstić information content (AvgIpc) is 2.71. The van der Waals surface area contributed by atoms with Crippen molar-refractivity contribution in [2.45, 2.75) is 52.4 Å². The summed E-state index contributed by atoms with van der Waals surface area (Å²) in [5, 5.41) is 2.86. The van der Waals surface area contributed by atoms with Crippen molar-refractivity contribution < 1.29 is 23.5 Å². The molecule has 2 rings (SSSR count). The summed E-state index contributed by atoms with van der Waals surface area (Å²) in [6.07, 6.45) is 1.41. The lowest BCUT2D eigenvalue weighted by Gasteiger charge is -2.36. The minimum absolute atomic E-state index is 0.133. The number of hydrogen-bond acceptors (Lipinski definition) is 4. The van der Waals surface area contributed by atoms with E-state index in [2.05, 4.69) is 5.32 Å². The number of nitrogens with zero attached hydrogens (tertiary/aromatic N) is 1. The predicted molar refractivity (Wildman–Crippen MR) is 109 cm³/mol. The molecule has 1 aromatic rings. The molecule has 0 spiro atoms. The van der Waals surface area contributed by atoms with E-state index < -0.39 is 12.1 Å². The van der Waals surface area contributed by atoms with E-state index >= 15 is 0 Å². The molecule has 1 fully saturated rings. The molecule has 29 heavy (non-hydrogen) atoms. The zero-order valence-electron chi connectivity index (χ0n) is 17.8. The summed E-state index contributed by atoms with van der Waals surface area (Å²) in [6, 6.07) is 5.26. The number of methoxy groups -OCH3 is 1. The molecular formula is C22H33FN2O4. The van der Waals surface area contributed by atoms with Gasteiger partial charge in [0, 0.05) is 26.1 Å². The van der Waals surface area contributed by atoms with Crippen molar-refractivity contribution >= 4 is 11.8 Å². The van der Waals surface area contributed by atoms with Crippen LogP contribution in [0.1, 0.15) is 39.2 Å². The van der Waals surface area contributed by atoms with Gasteiger partial charge in [-0.15, -0.1) is 0 Å². The molecule has 1 aliphatic heterocycles. The number of carbonyl (C=O) groups is 2. The first-order valence-corrected chi connectivity index (χ1v) is 10.3. The fraction of sp³-hybridized carbons (Fsp3) is 0.636. The van der Waals surface area contributed by atoms with Crippen LogP contribution >= 0.6 is 0 Å². The summed E-state index contributed by atoms with van der Waals surface area (Å²) in [5.74, 6) is -0.570. The molecule has 1 N–H and O–H groups in total. The summed E-state index contributed by atoms with van der Waals surface area (Å²) in [5.41, 5.74) is 0.803. The molecule has 3 atom stereocenters. The summed E-state index contributed by atoms with van der Waals surface area (Å²) < 4.78 is 24.2. The second kappa shape index (κ2) is 11.3. The highest BCUT2D eigenvalue weighted by molar-refractivity contribution is 5.88. The molecule has 1 aliphatic rings. The number of likely N-dealkylation sites (tertiary alicyclic amines) is 1. The van der Waals surface area contributed by atoms with E-state index in [1.54, 1.807) is 44.9 Å². The van der Waals surface area contributed by atoms with Gasteiger partial charge in [0.25, 0.3) is 0 Å². The van der Waals surface area contributed by atoms with Gasteiger partial charge in [-0.1, -0.05) is 26.0 Å². The zero-order valence-corrected chi connectivity index (χ0v) is 17.8. The number of rotatable bonds is 9. The summed E-state index contributed by atoms with van der Waals surface area (Å²) >= 11 is 0. The highest BCUT2D eigenvalue weighted by Gasteiger charge is 2.34. The summed E-state index contributed by atoms with van der Waals surface area (Å²) in [7, 11) is 1.66. The number of halogens is 1. The van der Waals surface area contributed by atoms with Gasteiger partial charge >= 0.3 is 0 Å². The van der Waals surface area contributed by atoms with Gasteiger partial charge in [0.15, 0.2) is 0 Å². The number of hydrogen-bond donors (Lipinski definition) is 1. The first-order chi connectivity index (χ1) is 13.8. The van der Waals surface area contributed by atoms with E-state index in [0.29, 0.717) is 25.6 Å².